The summed E-state index contributed by atoms with van der Waals surface area (Å²) >= 11 is 0. The van der Waals surface area contributed by atoms with Gasteiger partial charge in [-0.15, -0.1) is 0 Å². The zero-order valence-electron chi connectivity index (χ0n) is 20.5. The van der Waals surface area contributed by atoms with Gasteiger partial charge in [-0.2, -0.15) is 0 Å². The van der Waals surface area contributed by atoms with E-state index in [1.165, 1.54) is 0 Å². The largest absolute Gasteiger partial charge is 0.466 e. The van der Waals surface area contributed by atoms with Crippen LogP contribution in [0.5, 0.6) is 0 Å². The molecule has 3 rings (SSSR count). The number of esters is 4. The summed E-state index contributed by atoms with van der Waals surface area (Å²) in [7, 11) is 0. The molecule has 186 valence electrons. The Balaban J connectivity index is 0.000000401. The number of hydrogen-bond donors (Lipinski definition) is 0. The standard InChI is InChI=1S/C7H14O2.2C6H10O2.C5H8O2/c1-3-5-7(8)9-6-4-2;1-5-3-2-4-8-6(5)7;1-5-3-2-4-6(7)8-5;1-4-2-3-7-5(4)6/h3-6H2,1-2H3;2*5H,2-4H2,1H3;4H,2-3H2,1H3. The Bertz CT molecular complexity index is 560. The van der Waals surface area contributed by atoms with Gasteiger partial charge in [0.25, 0.3) is 0 Å². The molecule has 3 unspecified atom stereocenters. The number of cyclic esters (lactones) is 3. The highest BCUT2D eigenvalue weighted by Crippen LogP contribution is 2.13. The average molecular weight is 459 g/mol. The molecule has 8 heteroatoms. The van der Waals surface area contributed by atoms with Crippen molar-refractivity contribution >= 4 is 23.9 Å². The van der Waals surface area contributed by atoms with Gasteiger partial charge in [0.2, 0.25) is 0 Å². The molecule has 0 aromatic carbocycles. The lowest BCUT2D eigenvalue weighted by Crippen LogP contribution is -2.20. The summed E-state index contributed by atoms with van der Waals surface area (Å²) in [5.74, 6) is 0.114. The molecule has 0 bridgehead atoms. The van der Waals surface area contributed by atoms with Gasteiger partial charge in [0.05, 0.1) is 37.8 Å². The van der Waals surface area contributed by atoms with E-state index in [0.717, 1.165) is 44.9 Å². The van der Waals surface area contributed by atoms with E-state index in [1.54, 1.807) is 0 Å². The van der Waals surface area contributed by atoms with Gasteiger partial charge in [-0.3, -0.25) is 19.2 Å². The summed E-state index contributed by atoms with van der Waals surface area (Å²) in [5, 5.41) is 0. The smallest absolute Gasteiger partial charge is 0.308 e. The van der Waals surface area contributed by atoms with Crippen molar-refractivity contribution in [2.75, 3.05) is 19.8 Å². The lowest BCUT2D eigenvalue weighted by atomic mass is 10.0. The highest BCUT2D eigenvalue weighted by molar-refractivity contribution is 5.73. The third kappa shape index (κ3) is 15.6. The predicted molar refractivity (Wildman–Crippen MR) is 120 cm³/mol. The van der Waals surface area contributed by atoms with Gasteiger partial charge in [0.15, 0.2) is 0 Å². The topological polar surface area (TPSA) is 105 Å². The number of rotatable bonds is 4. The molecular formula is C24H42O8. The van der Waals surface area contributed by atoms with Crippen LogP contribution < -0.4 is 0 Å². The Morgan fingerprint density at radius 2 is 1.50 bits per heavy atom. The van der Waals surface area contributed by atoms with Crippen LogP contribution in [0.2, 0.25) is 0 Å². The molecule has 32 heavy (non-hydrogen) atoms. The lowest BCUT2D eigenvalue weighted by Gasteiger charge is -2.17. The van der Waals surface area contributed by atoms with Crippen LogP contribution in [-0.4, -0.2) is 49.8 Å². The van der Waals surface area contributed by atoms with Gasteiger partial charge < -0.3 is 18.9 Å². The Labute approximate surface area is 192 Å². The van der Waals surface area contributed by atoms with E-state index in [4.69, 9.17) is 14.2 Å². The monoisotopic (exact) mass is 458 g/mol. The predicted octanol–water partition coefficient (Wildman–Crippen LogP) is 4.37. The molecule has 0 N–H and O–H groups in total. The second-order valence-electron chi connectivity index (χ2n) is 8.23. The third-order valence-corrected chi connectivity index (χ3v) is 4.87. The quantitative estimate of drug-likeness (QED) is 0.452. The van der Waals surface area contributed by atoms with E-state index in [1.807, 2.05) is 34.6 Å². The maximum absolute atomic E-state index is 10.6. The molecule has 3 aliphatic rings. The van der Waals surface area contributed by atoms with Gasteiger partial charge >= 0.3 is 23.9 Å². The molecular weight excluding hydrogens is 416 g/mol. The first-order chi connectivity index (χ1) is 15.2. The first-order valence-corrected chi connectivity index (χ1v) is 11.9. The number of ether oxygens (including phenoxy) is 4. The van der Waals surface area contributed by atoms with Crippen LogP contribution in [0.1, 0.15) is 92.4 Å². The van der Waals surface area contributed by atoms with Crippen molar-refractivity contribution in [3.05, 3.63) is 0 Å². The van der Waals surface area contributed by atoms with E-state index in [2.05, 4.69) is 4.74 Å². The minimum Gasteiger partial charge on any atom is -0.466 e. The molecule has 0 spiro atoms. The van der Waals surface area contributed by atoms with Gasteiger partial charge in [-0.1, -0.05) is 27.7 Å². The summed E-state index contributed by atoms with van der Waals surface area (Å²) < 4.78 is 19.0. The molecule has 0 amide bonds. The van der Waals surface area contributed by atoms with Crippen molar-refractivity contribution in [3.8, 4) is 0 Å². The van der Waals surface area contributed by atoms with Crippen molar-refractivity contribution in [1.29, 1.82) is 0 Å². The van der Waals surface area contributed by atoms with Crippen molar-refractivity contribution in [2.24, 2.45) is 11.8 Å². The zero-order valence-corrected chi connectivity index (χ0v) is 20.5. The molecule has 3 aliphatic heterocycles. The minimum absolute atomic E-state index is 0.0312. The molecule has 8 nitrogen and oxygen atoms in total. The van der Waals surface area contributed by atoms with Crippen LogP contribution in [-0.2, 0) is 38.1 Å². The molecule has 0 aliphatic carbocycles. The maximum Gasteiger partial charge on any atom is 0.308 e. The second kappa shape index (κ2) is 18.5. The summed E-state index contributed by atoms with van der Waals surface area (Å²) in [6.45, 7) is 11.5. The molecule has 3 atom stereocenters. The van der Waals surface area contributed by atoms with Gasteiger partial charge in [0, 0.05) is 12.8 Å². The first-order valence-electron chi connectivity index (χ1n) is 11.9. The molecule has 3 heterocycles. The summed E-state index contributed by atoms with van der Waals surface area (Å²) in [4.78, 5) is 42.0. The van der Waals surface area contributed by atoms with Crippen molar-refractivity contribution < 1.29 is 38.1 Å². The first kappa shape index (κ1) is 29.9. The fourth-order valence-electron chi connectivity index (χ4n) is 2.79. The van der Waals surface area contributed by atoms with Gasteiger partial charge in [0.1, 0.15) is 0 Å². The van der Waals surface area contributed by atoms with Crippen molar-refractivity contribution in [3.63, 3.8) is 0 Å². The Morgan fingerprint density at radius 1 is 0.875 bits per heavy atom. The summed E-state index contributed by atoms with van der Waals surface area (Å²) in [6.07, 6.45) is 8.09. The van der Waals surface area contributed by atoms with Gasteiger partial charge in [-0.05, 0) is 51.9 Å². The number of hydrogen-bond acceptors (Lipinski definition) is 8. The van der Waals surface area contributed by atoms with E-state index in [0.29, 0.717) is 32.7 Å². The highest BCUT2D eigenvalue weighted by Gasteiger charge is 2.20. The van der Waals surface area contributed by atoms with Crippen LogP contribution in [0.15, 0.2) is 0 Å². The van der Waals surface area contributed by atoms with Gasteiger partial charge in [-0.25, -0.2) is 0 Å². The summed E-state index contributed by atoms with van der Waals surface area (Å²) in [5.41, 5.74) is 0. The molecule has 0 radical (unpaired) electrons. The SMILES string of the molecule is CC1CCCC(=O)O1.CC1CCCOC1=O.CC1CCOC1=O.CCCOC(=O)CCC. The maximum atomic E-state index is 10.6. The zero-order chi connectivity index (χ0) is 24.4. The minimum atomic E-state index is -0.0700. The van der Waals surface area contributed by atoms with Crippen LogP contribution in [0.4, 0.5) is 0 Å². The Kier molecular flexibility index (Phi) is 17.2. The molecule has 0 aromatic rings. The fraction of sp³-hybridized carbons (Fsp3) is 0.833. The molecule has 3 saturated heterocycles. The van der Waals surface area contributed by atoms with E-state index in [-0.39, 0.29) is 41.8 Å². The van der Waals surface area contributed by atoms with Crippen molar-refractivity contribution in [2.45, 2.75) is 98.5 Å². The highest BCUT2D eigenvalue weighted by atomic mass is 16.5. The number of carbonyl (C=O) groups excluding carboxylic acids is 4. The fourth-order valence-corrected chi connectivity index (χ4v) is 2.79. The molecule has 0 saturated carbocycles. The van der Waals surface area contributed by atoms with E-state index in [9.17, 15) is 19.2 Å². The lowest BCUT2D eigenvalue weighted by molar-refractivity contribution is -0.153. The Morgan fingerprint density at radius 3 is 1.84 bits per heavy atom. The summed E-state index contributed by atoms with van der Waals surface area (Å²) in [6, 6.07) is 0. The van der Waals surface area contributed by atoms with Crippen LogP contribution in [0.3, 0.4) is 0 Å². The van der Waals surface area contributed by atoms with Crippen LogP contribution >= 0.6 is 0 Å². The molecule has 3 fully saturated rings. The van der Waals surface area contributed by atoms with E-state index >= 15 is 0 Å². The van der Waals surface area contributed by atoms with Crippen LogP contribution in [0, 0.1) is 11.8 Å². The third-order valence-electron chi connectivity index (χ3n) is 4.87. The average Bonchev–Trinajstić information content (AvgIpc) is 3.13. The van der Waals surface area contributed by atoms with E-state index < -0.39 is 0 Å². The molecule has 0 aromatic heterocycles. The van der Waals surface area contributed by atoms with Crippen molar-refractivity contribution in [1.82, 2.24) is 0 Å². The normalized spacial score (nSPS) is 24.0. The Hall–Kier alpha value is -2.12. The second-order valence-corrected chi connectivity index (χ2v) is 8.23. The number of carbonyl (C=O) groups is 4. The van der Waals surface area contributed by atoms with Crippen LogP contribution in [0.25, 0.3) is 0 Å².